The van der Waals surface area contributed by atoms with E-state index in [1.54, 1.807) is 0 Å². The van der Waals surface area contributed by atoms with Gasteiger partial charge in [-0.25, -0.2) is 0 Å². The van der Waals surface area contributed by atoms with Crippen LogP contribution in [0.5, 0.6) is 0 Å². The smallest absolute Gasteiger partial charge is 0.0407 e. The number of hydrogen-bond donors (Lipinski definition) is 0. The predicted octanol–water partition coefficient (Wildman–Crippen LogP) is 2.83. The largest absolute Gasteiger partial charge is 0.374 e. The molecule has 0 unspecified atom stereocenters. The third-order valence-corrected chi connectivity index (χ3v) is 2.89. The molecule has 2 rings (SSSR count). The van der Waals surface area contributed by atoms with Crippen LogP contribution in [-0.4, -0.2) is 13.6 Å². The number of rotatable bonds is 0. The van der Waals surface area contributed by atoms with Crippen molar-refractivity contribution in [2.24, 2.45) is 0 Å². The van der Waals surface area contributed by atoms with E-state index in [4.69, 9.17) is 0 Å². The van der Waals surface area contributed by atoms with Gasteiger partial charge in [-0.2, -0.15) is 0 Å². The second kappa shape index (κ2) is 3.09. The Kier molecular flexibility index (Phi) is 2.09. The number of benzene rings is 1. The lowest BCUT2D eigenvalue weighted by molar-refractivity contribution is 0.744. The van der Waals surface area contributed by atoms with Crippen molar-refractivity contribution in [2.45, 2.75) is 12.8 Å². The summed E-state index contributed by atoms with van der Waals surface area (Å²) in [6.07, 6.45) is 2.51. The first-order valence-corrected chi connectivity index (χ1v) is 5.06. The van der Waals surface area contributed by atoms with Gasteiger partial charge >= 0.3 is 0 Å². The summed E-state index contributed by atoms with van der Waals surface area (Å²) >= 11 is 3.49. The molecule has 0 radical (unpaired) electrons. The first-order valence-electron chi connectivity index (χ1n) is 4.27. The van der Waals surface area contributed by atoms with Crippen LogP contribution in [0.25, 0.3) is 0 Å². The Morgan fingerprint density at radius 1 is 1.42 bits per heavy atom. The molecule has 1 nitrogen and oxygen atoms in total. The molecule has 0 bridgehead atoms. The topological polar surface area (TPSA) is 3.24 Å². The molecule has 12 heavy (non-hydrogen) atoms. The minimum Gasteiger partial charge on any atom is -0.374 e. The highest BCUT2D eigenvalue weighted by molar-refractivity contribution is 9.10. The first kappa shape index (κ1) is 8.11. The van der Waals surface area contributed by atoms with Crippen molar-refractivity contribution in [2.75, 3.05) is 18.5 Å². The minimum absolute atomic E-state index is 1.18. The van der Waals surface area contributed by atoms with Crippen LogP contribution in [0.1, 0.15) is 12.0 Å². The summed E-state index contributed by atoms with van der Waals surface area (Å²) in [4.78, 5) is 2.32. The monoisotopic (exact) mass is 225 g/mol. The molecule has 0 aromatic heterocycles. The average Bonchev–Trinajstić information content (AvgIpc) is 2.07. The molecule has 0 saturated carbocycles. The fourth-order valence-corrected chi connectivity index (χ4v) is 2.08. The van der Waals surface area contributed by atoms with Crippen molar-refractivity contribution < 1.29 is 0 Å². The molecule has 0 amide bonds. The van der Waals surface area contributed by atoms with E-state index in [1.165, 1.54) is 35.1 Å². The van der Waals surface area contributed by atoms with Gasteiger partial charge in [0.05, 0.1) is 0 Å². The van der Waals surface area contributed by atoms with Crippen LogP contribution in [0.15, 0.2) is 22.7 Å². The van der Waals surface area contributed by atoms with Crippen molar-refractivity contribution in [1.82, 2.24) is 0 Å². The Morgan fingerprint density at radius 3 is 3.08 bits per heavy atom. The Balaban J connectivity index is 2.47. The Hall–Kier alpha value is -0.500. The lowest BCUT2D eigenvalue weighted by atomic mass is 10.0. The van der Waals surface area contributed by atoms with Crippen molar-refractivity contribution in [3.05, 3.63) is 28.2 Å². The van der Waals surface area contributed by atoms with Crippen LogP contribution in [0.2, 0.25) is 0 Å². The van der Waals surface area contributed by atoms with Gasteiger partial charge in [0.1, 0.15) is 0 Å². The molecule has 0 N–H and O–H groups in total. The number of fused-ring (bicyclic) bond motifs is 1. The zero-order chi connectivity index (χ0) is 8.55. The minimum atomic E-state index is 1.18. The highest BCUT2D eigenvalue weighted by Gasteiger charge is 2.12. The summed E-state index contributed by atoms with van der Waals surface area (Å²) in [5.41, 5.74) is 2.86. The fourth-order valence-electron chi connectivity index (χ4n) is 1.73. The Labute approximate surface area is 81.5 Å². The van der Waals surface area contributed by atoms with Gasteiger partial charge in [-0.1, -0.05) is 22.0 Å². The van der Waals surface area contributed by atoms with E-state index in [9.17, 15) is 0 Å². The van der Waals surface area contributed by atoms with Crippen LogP contribution >= 0.6 is 15.9 Å². The molecule has 0 saturated heterocycles. The van der Waals surface area contributed by atoms with Gasteiger partial charge in [0.15, 0.2) is 0 Å². The van der Waals surface area contributed by atoms with Crippen molar-refractivity contribution >= 4 is 21.6 Å². The number of hydrogen-bond acceptors (Lipinski definition) is 1. The van der Waals surface area contributed by atoms with E-state index in [1.807, 2.05) is 0 Å². The molecular weight excluding hydrogens is 214 g/mol. The zero-order valence-corrected chi connectivity index (χ0v) is 8.76. The van der Waals surface area contributed by atoms with Gasteiger partial charge in [-0.15, -0.1) is 0 Å². The van der Waals surface area contributed by atoms with E-state index < -0.39 is 0 Å². The number of aryl methyl sites for hydroxylation is 1. The molecule has 1 aliphatic rings. The summed E-state index contributed by atoms with van der Waals surface area (Å²) in [6, 6.07) is 6.54. The van der Waals surface area contributed by atoms with Crippen LogP contribution in [0, 0.1) is 0 Å². The van der Waals surface area contributed by atoms with Gasteiger partial charge < -0.3 is 4.90 Å². The van der Waals surface area contributed by atoms with Crippen LogP contribution in [0.3, 0.4) is 0 Å². The van der Waals surface area contributed by atoms with Crippen LogP contribution in [0.4, 0.5) is 5.69 Å². The summed E-state index contributed by atoms with van der Waals surface area (Å²) in [5, 5.41) is 0. The van der Waals surface area contributed by atoms with Crippen LogP contribution in [-0.2, 0) is 6.42 Å². The highest BCUT2D eigenvalue weighted by atomic mass is 79.9. The van der Waals surface area contributed by atoms with Gasteiger partial charge in [0.25, 0.3) is 0 Å². The van der Waals surface area contributed by atoms with Gasteiger partial charge in [0, 0.05) is 23.8 Å². The maximum atomic E-state index is 3.49. The van der Waals surface area contributed by atoms with Gasteiger partial charge in [0.2, 0.25) is 0 Å². The lowest BCUT2D eigenvalue weighted by Gasteiger charge is -2.27. The molecule has 0 aliphatic carbocycles. The van der Waals surface area contributed by atoms with Crippen LogP contribution < -0.4 is 4.90 Å². The van der Waals surface area contributed by atoms with E-state index >= 15 is 0 Å². The van der Waals surface area contributed by atoms with Crippen molar-refractivity contribution in [3.63, 3.8) is 0 Å². The molecule has 2 heteroatoms. The number of halogens is 1. The predicted molar refractivity (Wildman–Crippen MR) is 55.7 cm³/mol. The summed E-state index contributed by atoms with van der Waals surface area (Å²) in [6.45, 7) is 1.18. The quantitative estimate of drug-likeness (QED) is 0.657. The molecule has 0 spiro atoms. The lowest BCUT2D eigenvalue weighted by Crippen LogP contribution is -2.24. The highest BCUT2D eigenvalue weighted by Crippen LogP contribution is 2.28. The standard InChI is InChI=1S/C10H12BrN/c1-12-6-2-3-8-4-5-9(11)7-10(8)12/h4-5,7H,2-3,6H2,1H3. The molecule has 1 aromatic rings. The third kappa shape index (κ3) is 1.36. The first-order chi connectivity index (χ1) is 5.77. The molecule has 1 heterocycles. The Morgan fingerprint density at radius 2 is 2.25 bits per heavy atom. The van der Waals surface area contributed by atoms with E-state index in [-0.39, 0.29) is 0 Å². The average molecular weight is 226 g/mol. The molecule has 64 valence electrons. The maximum absolute atomic E-state index is 3.49. The normalized spacial score (nSPS) is 16.0. The fraction of sp³-hybridized carbons (Fsp3) is 0.400. The molecule has 0 atom stereocenters. The van der Waals surface area contributed by atoms with Gasteiger partial charge in [-0.05, 0) is 30.5 Å². The van der Waals surface area contributed by atoms with E-state index in [2.05, 4.69) is 46.1 Å². The second-order valence-corrected chi connectivity index (χ2v) is 4.21. The van der Waals surface area contributed by atoms with Crippen molar-refractivity contribution in [1.29, 1.82) is 0 Å². The SMILES string of the molecule is CN1CCCc2ccc(Br)cc21. The molecule has 1 aromatic carbocycles. The molecule has 1 aliphatic heterocycles. The summed E-state index contributed by atoms with van der Waals surface area (Å²) in [7, 11) is 2.16. The second-order valence-electron chi connectivity index (χ2n) is 3.30. The van der Waals surface area contributed by atoms with E-state index in [0.717, 1.165) is 0 Å². The van der Waals surface area contributed by atoms with Crippen molar-refractivity contribution in [3.8, 4) is 0 Å². The zero-order valence-electron chi connectivity index (χ0n) is 7.18. The molecular formula is C10H12BrN. The summed E-state index contributed by atoms with van der Waals surface area (Å²) in [5.74, 6) is 0. The van der Waals surface area contributed by atoms with Gasteiger partial charge in [-0.3, -0.25) is 0 Å². The number of anilines is 1. The molecule has 0 fully saturated rings. The Bertz CT molecular complexity index is 296. The summed E-state index contributed by atoms with van der Waals surface area (Å²) < 4.78 is 1.18. The van der Waals surface area contributed by atoms with E-state index in [0.29, 0.717) is 0 Å². The number of nitrogens with zero attached hydrogens (tertiary/aromatic N) is 1. The third-order valence-electron chi connectivity index (χ3n) is 2.40. The maximum Gasteiger partial charge on any atom is 0.0407 e.